The number of ether oxygens (including phenoxy) is 2. The van der Waals surface area contributed by atoms with Crippen LogP contribution in [0.5, 0.6) is 11.6 Å². The minimum Gasteiger partial charge on any atom is -0.481 e. The first kappa shape index (κ1) is 15.6. The zero-order chi connectivity index (χ0) is 15.8. The molecule has 0 saturated heterocycles. The fourth-order valence-corrected chi connectivity index (χ4v) is 1.82. The number of nitrogens with zero attached hydrogens (tertiary/aromatic N) is 3. The average Bonchev–Trinajstić information content (AvgIpc) is 2.58. The first-order valence-electron chi connectivity index (χ1n) is 7.01. The summed E-state index contributed by atoms with van der Waals surface area (Å²) in [5, 5.41) is 12.1. The van der Waals surface area contributed by atoms with Gasteiger partial charge in [-0.15, -0.1) is 0 Å². The molecule has 22 heavy (non-hydrogen) atoms. The molecule has 1 unspecified atom stereocenters. The first-order chi connectivity index (χ1) is 10.7. The molecule has 2 aromatic rings. The number of benzene rings is 1. The third-order valence-electron chi connectivity index (χ3n) is 2.98. The molecule has 0 radical (unpaired) electrons. The van der Waals surface area contributed by atoms with Crippen LogP contribution in [0.3, 0.4) is 0 Å². The smallest absolute Gasteiger partial charge is 0.226 e. The number of hydrogen-bond acceptors (Lipinski definition) is 6. The largest absolute Gasteiger partial charge is 0.481 e. The van der Waals surface area contributed by atoms with Crippen LogP contribution in [0, 0.1) is 11.3 Å². The number of methoxy groups -OCH3 is 1. The van der Waals surface area contributed by atoms with E-state index in [4.69, 9.17) is 14.7 Å². The molecule has 0 aliphatic rings. The van der Waals surface area contributed by atoms with Crippen molar-refractivity contribution in [3.8, 4) is 17.7 Å². The molecule has 6 heteroatoms. The fourth-order valence-electron chi connectivity index (χ4n) is 1.82. The molecule has 0 bridgehead atoms. The molecular weight excluding hydrogens is 280 g/mol. The van der Waals surface area contributed by atoms with Crippen LogP contribution in [0.15, 0.2) is 36.5 Å². The van der Waals surface area contributed by atoms with Gasteiger partial charge in [0, 0.05) is 18.8 Å². The highest BCUT2D eigenvalue weighted by Crippen LogP contribution is 2.17. The van der Waals surface area contributed by atoms with Crippen LogP contribution < -0.4 is 14.8 Å². The summed E-state index contributed by atoms with van der Waals surface area (Å²) in [6, 6.07) is 11.4. The lowest BCUT2D eigenvalue weighted by Crippen LogP contribution is -2.12. The molecule has 1 atom stereocenters. The SMILES string of the molecule is CCC(C#N)Oc1cccc(CNc2nccc(OC)n2)c1. The van der Waals surface area contributed by atoms with Gasteiger partial charge in [0.15, 0.2) is 6.10 Å². The first-order valence-corrected chi connectivity index (χ1v) is 7.01. The van der Waals surface area contributed by atoms with E-state index < -0.39 is 6.10 Å². The van der Waals surface area contributed by atoms with Crippen molar-refractivity contribution in [1.29, 1.82) is 5.26 Å². The van der Waals surface area contributed by atoms with Crippen LogP contribution in [-0.4, -0.2) is 23.2 Å². The Kier molecular flexibility index (Phi) is 5.55. The van der Waals surface area contributed by atoms with Gasteiger partial charge in [0.25, 0.3) is 0 Å². The third kappa shape index (κ3) is 4.35. The Morgan fingerprint density at radius 2 is 2.23 bits per heavy atom. The molecule has 0 aliphatic carbocycles. The Morgan fingerprint density at radius 3 is 2.95 bits per heavy atom. The van der Waals surface area contributed by atoms with E-state index in [0.717, 1.165) is 5.56 Å². The Morgan fingerprint density at radius 1 is 1.36 bits per heavy atom. The van der Waals surface area contributed by atoms with Crippen molar-refractivity contribution in [3.05, 3.63) is 42.1 Å². The minimum absolute atomic E-state index is 0.426. The number of anilines is 1. The molecular formula is C16H18N4O2. The molecule has 0 amide bonds. The summed E-state index contributed by atoms with van der Waals surface area (Å²) in [5.41, 5.74) is 1.01. The Hall–Kier alpha value is -2.81. The topological polar surface area (TPSA) is 80.1 Å². The van der Waals surface area contributed by atoms with Crippen molar-refractivity contribution in [2.24, 2.45) is 0 Å². The lowest BCUT2D eigenvalue weighted by molar-refractivity contribution is 0.251. The minimum atomic E-state index is -0.426. The summed E-state index contributed by atoms with van der Waals surface area (Å²) in [6.45, 7) is 2.47. The molecule has 114 valence electrons. The molecule has 0 spiro atoms. The van der Waals surface area contributed by atoms with Crippen molar-refractivity contribution in [1.82, 2.24) is 9.97 Å². The van der Waals surface area contributed by atoms with Gasteiger partial charge < -0.3 is 14.8 Å². The van der Waals surface area contributed by atoms with Crippen molar-refractivity contribution in [3.63, 3.8) is 0 Å². The summed E-state index contributed by atoms with van der Waals surface area (Å²) >= 11 is 0. The number of nitriles is 1. The third-order valence-corrected chi connectivity index (χ3v) is 2.98. The predicted molar refractivity (Wildman–Crippen MR) is 82.7 cm³/mol. The van der Waals surface area contributed by atoms with Gasteiger partial charge in [-0.3, -0.25) is 0 Å². The zero-order valence-corrected chi connectivity index (χ0v) is 12.6. The van der Waals surface area contributed by atoms with E-state index in [0.29, 0.717) is 30.5 Å². The molecule has 1 aromatic heterocycles. The molecule has 1 aromatic carbocycles. The van der Waals surface area contributed by atoms with Gasteiger partial charge in [0.05, 0.1) is 7.11 Å². The summed E-state index contributed by atoms with van der Waals surface area (Å²) in [4.78, 5) is 8.31. The van der Waals surface area contributed by atoms with Crippen LogP contribution in [0.4, 0.5) is 5.95 Å². The van der Waals surface area contributed by atoms with Crippen LogP contribution in [0.25, 0.3) is 0 Å². The van der Waals surface area contributed by atoms with Crippen LogP contribution >= 0.6 is 0 Å². The maximum atomic E-state index is 8.94. The lowest BCUT2D eigenvalue weighted by Gasteiger charge is -2.12. The standard InChI is InChI=1S/C16H18N4O2/c1-3-13(10-17)22-14-6-4-5-12(9-14)11-19-16-18-8-7-15(20-16)21-2/h4-9,13H,3,11H2,1-2H3,(H,18,19,20). The van der Waals surface area contributed by atoms with Crippen LogP contribution in [-0.2, 0) is 6.54 Å². The monoisotopic (exact) mass is 298 g/mol. The maximum Gasteiger partial charge on any atom is 0.226 e. The fraction of sp³-hybridized carbons (Fsp3) is 0.312. The van der Waals surface area contributed by atoms with Crippen LogP contribution in [0.2, 0.25) is 0 Å². The summed E-state index contributed by atoms with van der Waals surface area (Å²) in [5.74, 6) is 1.68. The summed E-state index contributed by atoms with van der Waals surface area (Å²) in [7, 11) is 1.56. The van der Waals surface area contributed by atoms with Crippen molar-refractivity contribution >= 4 is 5.95 Å². The Balaban J connectivity index is 1.99. The number of hydrogen-bond donors (Lipinski definition) is 1. The second-order valence-electron chi connectivity index (χ2n) is 4.57. The summed E-state index contributed by atoms with van der Waals surface area (Å²) in [6.07, 6.45) is 1.85. The van der Waals surface area contributed by atoms with E-state index in [2.05, 4.69) is 21.4 Å². The van der Waals surface area contributed by atoms with E-state index in [-0.39, 0.29) is 0 Å². The molecule has 6 nitrogen and oxygen atoms in total. The highest BCUT2D eigenvalue weighted by molar-refractivity contribution is 5.33. The number of rotatable bonds is 7. The number of aromatic nitrogens is 2. The van der Waals surface area contributed by atoms with E-state index >= 15 is 0 Å². The van der Waals surface area contributed by atoms with Crippen LogP contribution in [0.1, 0.15) is 18.9 Å². The van der Waals surface area contributed by atoms with Crippen molar-refractivity contribution in [2.45, 2.75) is 26.0 Å². The second kappa shape index (κ2) is 7.84. The van der Waals surface area contributed by atoms with Gasteiger partial charge in [-0.25, -0.2) is 4.98 Å². The Labute approximate surface area is 129 Å². The average molecular weight is 298 g/mol. The van der Waals surface area contributed by atoms with Crippen molar-refractivity contribution in [2.75, 3.05) is 12.4 Å². The molecule has 1 heterocycles. The quantitative estimate of drug-likeness (QED) is 0.846. The van der Waals surface area contributed by atoms with Gasteiger partial charge in [0.2, 0.25) is 11.8 Å². The van der Waals surface area contributed by atoms with E-state index in [1.807, 2.05) is 31.2 Å². The predicted octanol–water partition coefficient (Wildman–Crippen LogP) is 2.78. The lowest BCUT2D eigenvalue weighted by atomic mass is 10.2. The zero-order valence-electron chi connectivity index (χ0n) is 12.6. The van der Waals surface area contributed by atoms with E-state index in [9.17, 15) is 0 Å². The molecule has 1 N–H and O–H groups in total. The highest BCUT2D eigenvalue weighted by atomic mass is 16.5. The second-order valence-corrected chi connectivity index (χ2v) is 4.57. The maximum absolute atomic E-state index is 8.94. The normalized spacial score (nSPS) is 11.3. The van der Waals surface area contributed by atoms with Gasteiger partial charge in [0.1, 0.15) is 11.8 Å². The van der Waals surface area contributed by atoms with Gasteiger partial charge in [-0.05, 0) is 24.1 Å². The number of nitrogens with one attached hydrogen (secondary N) is 1. The Bertz CT molecular complexity index is 655. The molecule has 2 rings (SSSR count). The van der Waals surface area contributed by atoms with E-state index in [1.165, 1.54) is 0 Å². The molecule has 0 saturated carbocycles. The van der Waals surface area contributed by atoms with E-state index in [1.54, 1.807) is 19.4 Å². The van der Waals surface area contributed by atoms with Gasteiger partial charge in [-0.1, -0.05) is 19.1 Å². The van der Waals surface area contributed by atoms with Crippen molar-refractivity contribution < 1.29 is 9.47 Å². The van der Waals surface area contributed by atoms with Gasteiger partial charge in [-0.2, -0.15) is 10.2 Å². The summed E-state index contributed by atoms with van der Waals surface area (Å²) < 4.78 is 10.7. The molecule has 0 aliphatic heterocycles. The van der Waals surface area contributed by atoms with Gasteiger partial charge >= 0.3 is 0 Å². The molecule has 0 fully saturated rings. The highest BCUT2D eigenvalue weighted by Gasteiger charge is 2.06.